The van der Waals surface area contributed by atoms with E-state index >= 15 is 0 Å². The molecule has 0 bridgehead atoms. The third kappa shape index (κ3) is 4.64. The molecule has 0 atom stereocenters. The fourth-order valence-corrected chi connectivity index (χ4v) is 3.90. The average molecular weight is 436 g/mol. The Morgan fingerprint density at radius 2 is 1.77 bits per heavy atom. The predicted octanol–water partition coefficient (Wildman–Crippen LogP) is 3.79. The highest BCUT2D eigenvalue weighted by molar-refractivity contribution is 7.98. The van der Waals surface area contributed by atoms with Crippen LogP contribution in [0.5, 0.6) is 0 Å². The fourth-order valence-electron chi connectivity index (χ4n) is 2.76. The summed E-state index contributed by atoms with van der Waals surface area (Å²) in [5, 5.41) is 9.39. The average Bonchev–Trinajstić information content (AvgIpc) is 3.24. The standard InChI is InChI=1S/C21H17N5O2S2/c1-29-16-4-2-14(3-5-16)17-6-7-20(28)26(25-17)12-19(27)24-21-23-18(13-30-21)15-8-10-22-11-9-15/h2-11,13H,12H2,1H3,(H,23,24,27). The number of nitrogens with zero attached hydrogens (tertiary/aromatic N) is 4. The number of benzene rings is 1. The number of hydrogen-bond acceptors (Lipinski definition) is 7. The van der Waals surface area contributed by atoms with Crippen molar-refractivity contribution in [3.8, 4) is 22.5 Å². The Morgan fingerprint density at radius 3 is 2.50 bits per heavy atom. The second kappa shape index (κ2) is 9.02. The van der Waals surface area contributed by atoms with Gasteiger partial charge in [-0.25, -0.2) is 9.67 Å². The van der Waals surface area contributed by atoms with Gasteiger partial charge in [0.05, 0.1) is 11.4 Å². The SMILES string of the molecule is CSc1ccc(-c2ccc(=O)n(CC(=O)Nc3nc(-c4ccncc4)cs3)n2)cc1. The Morgan fingerprint density at radius 1 is 1.03 bits per heavy atom. The maximum atomic E-state index is 12.5. The van der Waals surface area contributed by atoms with Crippen molar-refractivity contribution >= 4 is 34.1 Å². The molecule has 7 nitrogen and oxygen atoms in total. The number of thioether (sulfide) groups is 1. The number of nitrogens with one attached hydrogen (secondary N) is 1. The molecule has 0 saturated heterocycles. The summed E-state index contributed by atoms with van der Waals surface area (Å²) in [6.07, 6.45) is 5.38. The van der Waals surface area contributed by atoms with Crippen molar-refractivity contribution in [2.75, 3.05) is 11.6 Å². The number of anilines is 1. The lowest BCUT2D eigenvalue weighted by atomic mass is 10.1. The number of hydrogen-bond donors (Lipinski definition) is 1. The quantitative estimate of drug-likeness (QED) is 0.464. The largest absolute Gasteiger partial charge is 0.300 e. The molecule has 9 heteroatoms. The molecule has 1 N–H and O–H groups in total. The highest BCUT2D eigenvalue weighted by Crippen LogP contribution is 2.24. The van der Waals surface area contributed by atoms with Crippen LogP contribution < -0.4 is 10.9 Å². The molecule has 0 unspecified atom stereocenters. The van der Waals surface area contributed by atoms with Crippen LogP contribution in [0.15, 0.2) is 76.0 Å². The van der Waals surface area contributed by atoms with Gasteiger partial charge < -0.3 is 5.32 Å². The van der Waals surface area contributed by atoms with E-state index in [2.05, 4.69) is 20.4 Å². The number of thiazole rings is 1. The van der Waals surface area contributed by atoms with Gasteiger partial charge in [-0.3, -0.25) is 14.6 Å². The molecule has 0 aliphatic rings. The van der Waals surface area contributed by atoms with Crippen molar-refractivity contribution in [3.63, 3.8) is 0 Å². The number of aromatic nitrogens is 4. The van der Waals surface area contributed by atoms with Gasteiger partial charge in [0, 0.05) is 39.9 Å². The van der Waals surface area contributed by atoms with Gasteiger partial charge >= 0.3 is 0 Å². The molecule has 150 valence electrons. The summed E-state index contributed by atoms with van der Waals surface area (Å²) < 4.78 is 1.16. The number of amides is 1. The molecular weight excluding hydrogens is 418 g/mol. The van der Waals surface area contributed by atoms with Gasteiger partial charge in [-0.2, -0.15) is 5.10 Å². The van der Waals surface area contributed by atoms with Gasteiger partial charge in [0.15, 0.2) is 5.13 Å². The number of carbonyl (C=O) groups excluding carboxylic acids is 1. The van der Waals surface area contributed by atoms with Gasteiger partial charge in [0.2, 0.25) is 5.91 Å². The monoisotopic (exact) mass is 435 g/mol. The number of carbonyl (C=O) groups is 1. The minimum absolute atomic E-state index is 0.195. The van der Waals surface area contributed by atoms with Crippen molar-refractivity contribution in [1.29, 1.82) is 0 Å². The van der Waals surface area contributed by atoms with E-state index in [0.29, 0.717) is 10.8 Å². The van der Waals surface area contributed by atoms with E-state index in [1.807, 2.05) is 48.0 Å². The van der Waals surface area contributed by atoms with E-state index in [-0.39, 0.29) is 18.0 Å². The molecule has 1 amide bonds. The van der Waals surface area contributed by atoms with E-state index in [4.69, 9.17) is 0 Å². The zero-order valence-electron chi connectivity index (χ0n) is 16.0. The number of pyridine rings is 1. The van der Waals surface area contributed by atoms with Gasteiger partial charge in [0.1, 0.15) is 6.54 Å². The summed E-state index contributed by atoms with van der Waals surface area (Å²) in [6, 6.07) is 14.6. The topological polar surface area (TPSA) is 89.8 Å². The maximum absolute atomic E-state index is 12.5. The van der Waals surface area contributed by atoms with Crippen LogP contribution in [0, 0.1) is 0 Å². The van der Waals surface area contributed by atoms with Gasteiger partial charge in [-0.15, -0.1) is 23.1 Å². The smallest absolute Gasteiger partial charge is 0.267 e. The van der Waals surface area contributed by atoms with Crippen LogP contribution in [0.25, 0.3) is 22.5 Å². The Balaban J connectivity index is 1.48. The summed E-state index contributed by atoms with van der Waals surface area (Å²) in [6.45, 7) is -0.195. The molecule has 0 aliphatic carbocycles. The lowest BCUT2D eigenvalue weighted by Gasteiger charge is -2.07. The van der Waals surface area contributed by atoms with Crippen LogP contribution in [-0.4, -0.2) is 31.9 Å². The summed E-state index contributed by atoms with van der Waals surface area (Å²) in [5.41, 5.74) is 2.84. The van der Waals surface area contributed by atoms with E-state index in [9.17, 15) is 9.59 Å². The molecule has 4 aromatic rings. The van der Waals surface area contributed by atoms with Crippen molar-refractivity contribution in [2.24, 2.45) is 0 Å². The Labute approximate surface area is 180 Å². The molecule has 0 radical (unpaired) electrons. The summed E-state index contributed by atoms with van der Waals surface area (Å²) in [5.74, 6) is -0.366. The van der Waals surface area contributed by atoms with E-state index in [1.165, 1.54) is 17.4 Å². The second-order valence-electron chi connectivity index (χ2n) is 6.26. The van der Waals surface area contributed by atoms with Gasteiger partial charge in [-0.1, -0.05) is 12.1 Å². The summed E-state index contributed by atoms with van der Waals surface area (Å²) >= 11 is 2.97. The van der Waals surface area contributed by atoms with Gasteiger partial charge in [-0.05, 0) is 36.6 Å². The number of rotatable bonds is 6. The van der Waals surface area contributed by atoms with E-state index in [0.717, 1.165) is 26.4 Å². The summed E-state index contributed by atoms with van der Waals surface area (Å²) in [4.78, 5) is 34.2. The molecule has 3 heterocycles. The Hall–Kier alpha value is -3.30. The Bertz CT molecular complexity index is 1220. The maximum Gasteiger partial charge on any atom is 0.267 e. The molecule has 3 aromatic heterocycles. The molecule has 0 fully saturated rings. The van der Waals surface area contributed by atoms with Crippen molar-refractivity contribution in [2.45, 2.75) is 11.4 Å². The van der Waals surface area contributed by atoms with Gasteiger partial charge in [0.25, 0.3) is 5.56 Å². The van der Waals surface area contributed by atoms with E-state index < -0.39 is 0 Å². The van der Waals surface area contributed by atoms with E-state index in [1.54, 1.807) is 30.2 Å². The summed E-state index contributed by atoms with van der Waals surface area (Å²) in [7, 11) is 0. The van der Waals surface area contributed by atoms with Crippen LogP contribution in [0.3, 0.4) is 0 Å². The van der Waals surface area contributed by atoms with Crippen LogP contribution in [0.2, 0.25) is 0 Å². The molecule has 0 spiro atoms. The molecule has 1 aromatic carbocycles. The fraction of sp³-hybridized carbons (Fsp3) is 0.0952. The zero-order valence-corrected chi connectivity index (χ0v) is 17.6. The molecule has 30 heavy (non-hydrogen) atoms. The first-order valence-corrected chi connectivity index (χ1v) is 11.1. The van der Waals surface area contributed by atoms with Crippen molar-refractivity contribution < 1.29 is 4.79 Å². The molecule has 0 aliphatic heterocycles. The lowest BCUT2D eigenvalue weighted by Crippen LogP contribution is -2.29. The van der Waals surface area contributed by atoms with Crippen molar-refractivity contribution in [3.05, 3.63) is 76.7 Å². The first-order valence-electron chi connectivity index (χ1n) is 9.01. The van der Waals surface area contributed by atoms with Crippen molar-refractivity contribution in [1.82, 2.24) is 19.7 Å². The van der Waals surface area contributed by atoms with Crippen LogP contribution >= 0.6 is 23.1 Å². The normalized spacial score (nSPS) is 10.7. The highest BCUT2D eigenvalue weighted by Gasteiger charge is 2.11. The van der Waals surface area contributed by atoms with Crippen LogP contribution in [-0.2, 0) is 11.3 Å². The highest BCUT2D eigenvalue weighted by atomic mass is 32.2. The molecule has 4 rings (SSSR count). The third-order valence-electron chi connectivity index (χ3n) is 4.27. The minimum atomic E-state index is -0.366. The zero-order chi connectivity index (χ0) is 20.9. The second-order valence-corrected chi connectivity index (χ2v) is 8.00. The van der Waals surface area contributed by atoms with Crippen LogP contribution in [0.4, 0.5) is 5.13 Å². The first-order chi connectivity index (χ1) is 14.6. The molecular formula is C21H17N5O2S2. The minimum Gasteiger partial charge on any atom is -0.300 e. The lowest BCUT2D eigenvalue weighted by molar-refractivity contribution is -0.117. The predicted molar refractivity (Wildman–Crippen MR) is 120 cm³/mol. The molecule has 0 saturated carbocycles. The third-order valence-corrected chi connectivity index (χ3v) is 5.77. The first kappa shape index (κ1) is 20.0. The Kier molecular flexibility index (Phi) is 6.01. The van der Waals surface area contributed by atoms with Crippen LogP contribution in [0.1, 0.15) is 0 Å².